The van der Waals surface area contributed by atoms with Gasteiger partial charge in [-0.15, -0.1) is 0 Å². The van der Waals surface area contributed by atoms with Crippen molar-refractivity contribution in [2.45, 2.75) is 32.7 Å². The fourth-order valence-electron chi connectivity index (χ4n) is 4.94. The second-order valence-corrected chi connectivity index (χ2v) is 9.92. The topological polar surface area (TPSA) is 50.4 Å². The zero-order chi connectivity index (χ0) is 23.2. The lowest BCUT2D eigenvalue weighted by Crippen LogP contribution is -2.31. The second-order valence-electron chi connectivity index (χ2n) is 9.52. The molecule has 5 heteroatoms. The molecule has 0 aromatic heterocycles. The summed E-state index contributed by atoms with van der Waals surface area (Å²) >= 11 is 6.63. The molecule has 3 aromatic carbocycles. The predicted octanol–water partition coefficient (Wildman–Crippen LogP) is 7.24. The van der Waals surface area contributed by atoms with Crippen LogP contribution in [0, 0.1) is 5.41 Å². The quantitative estimate of drug-likeness (QED) is 0.434. The zero-order valence-electron chi connectivity index (χ0n) is 19.0. The molecule has 0 amide bonds. The maximum Gasteiger partial charge on any atom is 0.163 e. The molecule has 3 aromatic rings. The van der Waals surface area contributed by atoms with E-state index < -0.39 is 0 Å². The highest BCUT2D eigenvalue weighted by Gasteiger charge is 2.39. The van der Waals surface area contributed by atoms with Gasteiger partial charge in [0.2, 0.25) is 0 Å². The Hall–Kier alpha value is -3.24. The van der Waals surface area contributed by atoms with Gasteiger partial charge in [-0.3, -0.25) is 4.79 Å². The van der Waals surface area contributed by atoms with Crippen LogP contribution in [0.4, 0.5) is 11.4 Å². The molecular weight excluding hydrogens is 432 g/mol. The Balaban J connectivity index is 1.66. The number of carbonyl (C=O) groups is 1. The van der Waals surface area contributed by atoms with E-state index in [0.717, 1.165) is 51.5 Å². The molecule has 0 fully saturated rings. The smallest absolute Gasteiger partial charge is 0.163 e. The fourth-order valence-corrected chi connectivity index (χ4v) is 5.18. The van der Waals surface area contributed by atoms with Gasteiger partial charge in [0.05, 0.1) is 24.5 Å². The number of benzene rings is 3. The predicted molar refractivity (Wildman–Crippen MR) is 135 cm³/mol. The molecule has 4 nitrogen and oxygen atoms in total. The summed E-state index contributed by atoms with van der Waals surface area (Å²) in [6.45, 7) is 4.29. The molecule has 0 saturated heterocycles. The molecule has 0 radical (unpaired) electrons. The number of nitrogens with one attached hydrogen (secondary N) is 2. The highest BCUT2D eigenvalue weighted by molar-refractivity contribution is 6.31. The van der Waals surface area contributed by atoms with Crippen LogP contribution in [0.15, 0.2) is 78.0 Å². The SMILES string of the molecule is COc1ccccc1-c1ccc2c(c1)NC(c1ccccc1Cl)C1=C(CC(C)(C)CC1=O)N2. The number of hydrogen-bond donors (Lipinski definition) is 2. The van der Waals surface area contributed by atoms with E-state index in [1.807, 2.05) is 48.5 Å². The number of Topliss-reactive ketones (excluding diaryl/α,β-unsaturated/α-hetero) is 1. The summed E-state index contributed by atoms with van der Waals surface area (Å²) < 4.78 is 5.58. The molecule has 1 aliphatic heterocycles. The van der Waals surface area contributed by atoms with E-state index in [9.17, 15) is 4.79 Å². The highest BCUT2D eigenvalue weighted by Crippen LogP contribution is 2.47. The monoisotopic (exact) mass is 458 g/mol. The van der Waals surface area contributed by atoms with Crippen molar-refractivity contribution in [3.63, 3.8) is 0 Å². The normalized spacial score (nSPS) is 19.0. The zero-order valence-corrected chi connectivity index (χ0v) is 19.8. The van der Waals surface area contributed by atoms with Crippen LogP contribution in [0.1, 0.15) is 38.3 Å². The van der Waals surface area contributed by atoms with Gasteiger partial charge in [-0.05, 0) is 47.2 Å². The van der Waals surface area contributed by atoms with Crippen LogP contribution in [-0.4, -0.2) is 12.9 Å². The number of carbonyl (C=O) groups excluding carboxylic acids is 1. The van der Waals surface area contributed by atoms with Gasteiger partial charge in [-0.1, -0.05) is 67.9 Å². The van der Waals surface area contributed by atoms with Crippen LogP contribution >= 0.6 is 11.6 Å². The van der Waals surface area contributed by atoms with Crippen LogP contribution in [-0.2, 0) is 4.79 Å². The van der Waals surface area contributed by atoms with Crippen molar-refractivity contribution in [1.29, 1.82) is 0 Å². The van der Waals surface area contributed by atoms with Gasteiger partial charge < -0.3 is 15.4 Å². The van der Waals surface area contributed by atoms with Gasteiger partial charge in [0.25, 0.3) is 0 Å². The number of ether oxygens (including phenoxy) is 1. The van der Waals surface area contributed by atoms with Crippen LogP contribution in [0.3, 0.4) is 0 Å². The van der Waals surface area contributed by atoms with Gasteiger partial charge >= 0.3 is 0 Å². The minimum Gasteiger partial charge on any atom is -0.496 e. The van der Waals surface area contributed by atoms with Crippen molar-refractivity contribution in [3.05, 3.63) is 88.6 Å². The molecule has 0 spiro atoms. The number of anilines is 2. The number of hydrogen-bond acceptors (Lipinski definition) is 4. The van der Waals surface area contributed by atoms with E-state index in [0.29, 0.717) is 11.4 Å². The molecule has 1 aliphatic carbocycles. The number of rotatable bonds is 3. The van der Waals surface area contributed by atoms with Crippen molar-refractivity contribution in [1.82, 2.24) is 0 Å². The van der Waals surface area contributed by atoms with Gasteiger partial charge in [0.1, 0.15) is 5.75 Å². The van der Waals surface area contributed by atoms with Gasteiger partial charge in [0, 0.05) is 28.3 Å². The Labute approximate surface area is 199 Å². The third-order valence-corrected chi connectivity index (χ3v) is 6.79. The van der Waals surface area contributed by atoms with E-state index in [1.54, 1.807) is 7.11 Å². The molecular formula is C28H27ClN2O2. The molecule has 0 bridgehead atoms. The standard InChI is InChI=1S/C28H27ClN2O2/c1-28(2)15-23-26(24(32)16-28)27(19-9-4-6-10-20(19)29)31-22-14-17(12-13-21(22)30-23)18-8-5-7-11-25(18)33-3/h4-14,27,30-31H,15-16H2,1-3H3. The summed E-state index contributed by atoms with van der Waals surface area (Å²) in [4.78, 5) is 13.4. The average Bonchev–Trinajstić information content (AvgIpc) is 2.94. The van der Waals surface area contributed by atoms with Crippen molar-refractivity contribution in [2.75, 3.05) is 17.7 Å². The number of halogens is 1. The summed E-state index contributed by atoms with van der Waals surface area (Å²) in [6, 6.07) is 21.6. The number of fused-ring (bicyclic) bond motifs is 1. The van der Waals surface area contributed by atoms with Crippen LogP contribution in [0.5, 0.6) is 5.75 Å². The molecule has 1 unspecified atom stereocenters. The molecule has 2 aliphatic rings. The first-order valence-electron chi connectivity index (χ1n) is 11.2. The summed E-state index contributed by atoms with van der Waals surface area (Å²) in [5.74, 6) is 0.972. The Morgan fingerprint density at radius 3 is 2.52 bits per heavy atom. The van der Waals surface area contributed by atoms with E-state index >= 15 is 0 Å². The number of allylic oxidation sites excluding steroid dienone is 1. The first-order valence-corrected chi connectivity index (χ1v) is 11.6. The van der Waals surface area contributed by atoms with Crippen molar-refractivity contribution in [2.24, 2.45) is 5.41 Å². The molecule has 1 atom stereocenters. The van der Waals surface area contributed by atoms with Crippen molar-refractivity contribution >= 4 is 28.8 Å². The summed E-state index contributed by atoms with van der Waals surface area (Å²) in [7, 11) is 1.68. The largest absolute Gasteiger partial charge is 0.496 e. The van der Waals surface area contributed by atoms with Crippen molar-refractivity contribution < 1.29 is 9.53 Å². The van der Waals surface area contributed by atoms with Gasteiger partial charge in [-0.25, -0.2) is 0 Å². The fraction of sp³-hybridized carbons (Fsp3) is 0.250. The van der Waals surface area contributed by atoms with Gasteiger partial charge in [0.15, 0.2) is 5.78 Å². The molecule has 1 heterocycles. The molecule has 0 saturated carbocycles. The Bertz CT molecular complexity index is 1280. The lowest BCUT2D eigenvalue weighted by atomic mass is 9.73. The lowest BCUT2D eigenvalue weighted by Gasteiger charge is -2.34. The molecule has 33 heavy (non-hydrogen) atoms. The number of para-hydroxylation sites is 1. The summed E-state index contributed by atoms with van der Waals surface area (Å²) in [5, 5.41) is 7.89. The molecule has 5 rings (SSSR count). The minimum absolute atomic E-state index is 0.101. The third-order valence-electron chi connectivity index (χ3n) is 6.45. The summed E-state index contributed by atoms with van der Waals surface area (Å²) in [6.07, 6.45) is 1.31. The average molecular weight is 459 g/mol. The third kappa shape index (κ3) is 4.00. The first-order chi connectivity index (χ1) is 15.9. The van der Waals surface area contributed by atoms with Gasteiger partial charge in [-0.2, -0.15) is 0 Å². The van der Waals surface area contributed by atoms with E-state index in [2.05, 4.69) is 42.7 Å². The number of methoxy groups -OCH3 is 1. The maximum absolute atomic E-state index is 13.4. The van der Waals surface area contributed by atoms with Crippen LogP contribution in [0.25, 0.3) is 11.1 Å². The van der Waals surface area contributed by atoms with E-state index in [4.69, 9.17) is 16.3 Å². The highest BCUT2D eigenvalue weighted by atomic mass is 35.5. The second kappa shape index (κ2) is 8.27. The lowest BCUT2D eigenvalue weighted by molar-refractivity contribution is -0.118. The minimum atomic E-state index is -0.334. The Kier molecular flexibility index (Phi) is 5.41. The first kappa shape index (κ1) is 21.6. The number of ketones is 1. The van der Waals surface area contributed by atoms with E-state index in [1.165, 1.54) is 0 Å². The van der Waals surface area contributed by atoms with Crippen LogP contribution in [0.2, 0.25) is 5.02 Å². The molecule has 2 N–H and O–H groups in total. The summed E-state index contributed by atoms with van der Waals surface area (Å²) in [5.41, 5.74) is 6.45. The Morgan fingerprint density at radius 1 is 0.970 bits per heavy atom. The van der Waals surface area contributed by atoms with E-state index in [-0.39, 0.29) is 17.2 Å². The van der Waals surface area contributed by atoms with Crippen LogP contribution < -0.4 is 15.4 Å². The van der Waals surface area contributed by atoms with Crippen molar-refractivity contribution in [3.8, 4) is 16.9 Å². The Morgan fingerprint density at radius 2 is 1.73 bits per heavy atom. The molecule has 168 valence electrons. The maximum atomic E-state index is 13.4.